The highest BCUT2D eigenvalue weighted by molar-refractivity contribution is 7.46. The molecule has 2 atom stereocenters. The van der Waals surface area contributed by atoms with Crippen molar-refractivity contribution in [1.29, 1.82) is 0 Å². The van der Waals surface area contributed by atoms with E-state index in [0.29, 0.717) is 103 Å². The molecule has 0 spiro atoms. The summed E-state index contributed by atoms with van der Waals surface area (Å²) in [7, 11) is 3.73. The first-order valence-electron chi connectivity index (χ1n) is 22.6. The number of methoxy groups -OCH3 is 1. The van der Waals surface area contributed by atoms with E-state index in [1.54, 1.807) is 28.0 Å². The first kappa shape index (κ1) is 68.2. The molecule has 1 rings (SSSR count). The predicted molar refractivity (Wildman–Crippen MR) is 269 cm³/mol. The van der Waals surface area contributed by atoms with Crippen molar-refractivity contribution in [2.24, 2.45) is 21.9 Å². The smallest absolute Gasteiger partial charge is 0.246 e. The Hall–Kier alpha value is -5.03. The summed E-state index contributed by atoms with van der Waals surface area (Å²) in [6.45, 7) is 14.6. The molecule has 23 heteroatoms. The average molecular weight is 1000 g/mol. The van der Waals surface area contributed by atoms with Crippen LogP contribution in [0.2, 0.25) is 0 Å². The summed E-state index contributed by atoms with van der Waals surface area (Å²) < 4.78 is 31.5. The van der Waals surface area contributed by atoms with Gasteiger partial charge in [-0.3, -0.25) is 29.0 Å². The van der Waals surface area contributed by atoms with Crippen molar-refractivity contribution in [2.45, 2.75) is 60.1 Å². The Morgan fingerprint density at radius 3 is 2.12 bits per heavy atom. The van der Waals surface area contributed by atoms with E-state index < -0.39 is 20.3 Å². The quantitative estimate of drug-likeness (QED) is 0.00731. The maximum Gasteiger partial charge on any atom is 0.246 e. The Kier molecular flexibility index (Phi) is 50.3. The minimum absolute atomic E-state index is 0.0715. The van der Waals surface area contributed by atoms with Gasteiger partial charge < -0.3 is 75.0 Å². The number of aliphatic hydroxyl groups excluding tert-OH is 1. The number of likely N-dealkylation sites (N-methyl/N-ethyl adjacent to an activating group) is 1. The van der Waals surface area contributed by atoms with Gasteiger partial charge in [0.15, 0.2) is 8.38 Å². The van der Waals surface area contributed by atoms with E-state index in [2.05, 4.69) is 31.4 Å². The van der Waals surface area contributed by atoms with Gasteiger partial charge >= 0.3 is 0 Å². The zero-order valence-corrected chi connectivity index (χ0v) is 42.8. The maximum absolute atomic E-state index is 12.0. The molecule has 394 valence electrons. The SMILES string of the molecule is CC.CC(C)C(NC(=O)CCOCCOCCOCCN=C/C(CNC=O)=N\N)C(=O)NCC=O.CNc1ccc(COP(O)CC/C=C(\C)CO)cc1.COCCOCCN(C)C(=O)/C=C\C=O. The van der Waals surface area contributed by atoms with Gasteiger partial charge in [0.05, 0.1) is 98.0 Å². The van der Waals surface area contributed by atoms with Gasteiger partial charge in [-0.1, -0.05) is 51.5 Å². The van der Waals surface area contributed by atoms with Crippen LogP contribution in [0, 0.1) is 5.92 Å². The number of carbonyl (C=O) groups excluding carboxylic acids is 6. The number of nitrogens with two attached hydrogens (primary N) is 1. The Bertz CT molecular complexity index is 1590. The fourth-order valence-electron chi connectivity index (χ4n) is 4.57. The van der Waals surface area contributed by atoms with Gasteiger partial charge in [0.1, 0.15) is 18.6 Å². The third-order valence-corrected chi connectivity index (χ3v) is 9.43. The lowest BCUT2D eigenvalue weighted by atomic mass is 10.0. The molecule has 0 saturated heterocycles. The molecule has 0 aliphatic carbocycles. The topological polar surface area (TPSA) is 300 Å². The van der Waals surface area contributed by atoms with Gasteiger partial charge in [0.25, 0.3) is 0 Å². The summed E-state index contributed by atoms with van der Waals surface area (Å²) in [6, 6.07) is 7.20. The summed E-state index contributed by atoms with van der Waals surface area (Å²) in [6.07, 6.45) is 8.93. The van der Waals surface area contributed by atoms with Gasteiger partial charge in [-0.25, -0.2) is 0 Å². The number of hydrogen-bond acceptors (Lipinski definition) is 18. The number of hydrazone groups is 1. The Balaban J connectivity index is -0.00000102. The second-order valence-electron chi connectivity index (χ2n) is 14.1. The lowest BCUT2D eigenvalue weighted by Gasteiger charge is -2.21. The number of ether oxygens (including phenoxy) is 5. The van der Waals surface area contributed by atoms with Crippen molar-refractivity contribution >= 4 is 62.7 Å². The molecule has 0 aromatic heterocycles. The van der Waals surface area contributed by atoms with E-state index in [0.717, 1.165) is 23.2 Å². The number of aliphatic hydroxyl groups is 1. The zero-order chi connectivity index (χ0) is 52.3. The fraction of sp³-hybridized carbons (Fsp3) is 0.609. The van der Waals surface area contributed by atoms with E-state index in [1.807, 2.05) is 58.2 Å². The number of hydrogen-bond donors (Lipinski definition) is 7. The van der Waals surface area contributed by atoms with Crippen LogP contribution in [0.5, 0.6) is 0 Å². The van der Waals surface area contributed by atoms with Crippen molar-refractivity contribution in [1.82, 2.24) is 20.9 Å². The number of benzene rings is 1. The third-order valence-electron chi connectivity index (χ3n) is 8.36. The van der Waals surface area contributed by atoms with Gasteiger partial charge in [0.2, 0.25) is 24.1 Å². The molecular weight excluding hydrogens is 920 g/mol. The molecule has 0 saturated carbocycles. The number of anilines is 1. The minimum atomic E-state index is -1.39. The molecule has 1 aromatic rings. The summed E-state index contributed by atoms with van der Waals surface area (Å²) in [4.78, 5) is 81.0. The average Bonchev–Trinajstić information content (AvgIpc) is 3.36. The fourth-order valence-corrected chi connectivity index (χ4v) is 5.35. The van der Waals surface area contributed by atoms with Gasteiger partial charge in [-0.15, -0.1) is 0 Å². The molecule has 2 unspecified atom stereocenters. The van der Waals surface area contributed by atoms with Crippen LogP contribution in [0.25, 0.3) is 0 Å². The van der Waals surface area contributed by atoms with E-state index >= 15 is 0 Å². The monoisotopic (exact) mass is 1000 g/mol. The first-order valence-corrected chi connectivity index (χ1v) is 24.0. The predicted octanol–water partition coefficient (Wildman–Crippen LogP) is 1.78. The minimum Gasteiger partial charge on any atom is -0.392 e. The molecule has 0 fully saturated rings. The van der Waals surface area contributed by atoms with E-state index in [1.165, 1.54) is 23.3 Å². The summed E-state index contributed by atoms with van der Waals surface area (Å²) in [5, 5.41) is 22.9. The van der Waals surface area contributed by atoms with Gasteiger partial charge in [-0.2, -0.15) is 5.10 Å². The van der Waals surface area contributed by atoms with Crippen LogP contribution >= 0.6 is 8.38 Å². The number of carbonyl (C=O) groups is 6. The zero-order valence-electron chi connectivity index (χ0n) is 41.9. The van der Waals surface area contributed by atoms with Crippen LogP contribution < -0.4 is 27.1 Å². The normalized spacial score (nSPS) is 12.0. The van der Waals surface area contributed by atoms with E-state index in [9.17, 15) is 33.7 Å². The molecule has 22 nitrogen and oxygen atoms in total. The molecule has 0 bridgehead atoms. The van der Waals surface area contributed by atoms with E-state index in [4.69, 9.17) is 39.2 Å². The van der Waals surface area contributed by atoms with Crippen LogP contribution in [0.1, 0.15) is 53.0 Å². The highest BCUT2D eigenvalue weighted by Gasteiger charge is 2.23. The van der Waals surface area contributed by atoms with Crippen LogP contribution in [-0.4, -0.2) is 189 Å². The number of nitrogens with zero attached hydrogens (tertiary/aromatic N) is 3. The molecule has 0 heterocycles. The largest absolute Gasteiger partial charge is 0.392 e. The Morgan fingerprint density at radius 2 is 1.55 bits per heavy atom. The van der Waals surface area contributed by atoms with E-state index in [-0.39, 0.29) is 50.5 Å². The van der Waals surface area contributed by atoms with Crippen LogP contribution in [-0.2, 0) is 63.6 Å². The number of aliphatic imine (C=N–C) groups is 1. The van der Waals surface area contributed by atoms with Crippen LogP contribution in [0.4, 0.5) is 5.69 Å². The number of nitrogens with one attached hydrogen (secondary N) is 4. The molecule has 0 radical (unpaired) electrons. The highest BCUT2D eigenvalue weighted by Crippen LogP contribution is 2.33. The van der Waals surface area contributed by atoms with Gasteiger partial charge in [-0.05, 0) is 43.0 Å². The standard InChI is InChI=1S/C20H36N6O7.C14H22NO3P.C10H17NO4.C2H6/c1-16(2)19(20(30)24-4-6-27)25-18(29)3-7-31-9-11-33-12-10-32-8-5-22-13-17(26-21)14-23-15-28;1-12(10-16)4-3-9-19(17)18-11-13-5-7-14(15-2)8-6-13;1-11(10(13)4-3-6-12)5-7-15-9-8-14-2;1-2/h6,13,15-16,19H,3-5,7-12,14,21H2,1-2H3,(H,23,28)(H,24,30)(H,25,29);4-8,15-17H,3,9-11H2,1-2H3;3-4,6H,5,7-9H2,1-2H3;1-2H3/b22-13?,26-17+;12-4+;4-3-;. The van der Waals surface area contributed by atoms with Crippen molar-refractivity contribution in [2.75, 3.05) is 125 Å². The summed E-state index contributed by atoms with van der Waals surface area (Å²) >= 11 is 0. The van der Waals surface area contributed by atoms with Crippen molar-refractivity contribution in [3.63, 3.8) is 0 Å². The first-order chi connectivity index (χ1) is 33.3. The number of aldehydes is 2. The highest BCUT2D eigenvalue weighted by atomic mass is 31.2. The van der Waals surface area contributed by atoms with Crippen molar-refractivity contribution in [3.05, 3.63) is 53.6 Å². The second kappa shape index (κ2) is 50.8. The molecule has 4 amide bonds. The summed E-state index contributed by atoms with van der Waals surface area (Å²) in [5.41, 5.74) is 3.47. The summed E-state index contributed by atoms with van der Waals surface area (Å²) in [5.74, 6) is 4.13. The number of amides is 4. The van der Waals surface area contributed by atoms with Crippen LogP contribution in [0.3, 0.4) is 0 Å². The van der Waals surface area contributed by atoms with Gasteiger partial charge in [0, 0.05) is 58.3 Å². The Morgan fingerprint density at radius 1 is 0.928 bits per heavy atom. The Labute approximate surface area is 410 Å². The lowest BCUT2D eigenvalue weighted by Crippen LogP contribution is -2.50. The van der Waals surface area contributed by atoms with Crippen molar-refractivity contribution in [3.8, 4) is 0 Å². The molecular formula is C46H81N8O14P. The lowest BCUT2D eigenvalue weighted by molar-refractivity contribution is -0.131. The molecule has 0 aliphatic heterocycles. The molecule has 1 aromatic carbocycles. The molecule has 0 aliphatic rings. The molecule has 69 heavy (non-hydrogen) atoms. The second-order valence-corrected chi connectivity index (χ2v) is 15.5. The molecule has 8 N–H and O–H groups in total. The third kappa shape index (κ3) is 44.0. The van der Waals surface area contributed by atoms with Crippen molar-refractivity contribution < 1.29 is 67.0 Å². The number of allylic oxidation sites excluding steroid dienone is 2. The maximum atomic E-state index is 12.0. The number of rotatable bonds is 37. The van der Waals surface area contributed by atoms with Crippen LogP contribution in [0.15, 0.2) is 58.2 Å².